The molecule has 2 heteroatoms. The average Bonchev–Trinajstić information content (AvgIpc) is 3.09. The highest BCUT2D eigenvalue weighted by Crippen LogP contribution is 2.36. The van der Waals surface area contributed by atoms with Crippen LogP contribution in [-0.2, 0) is 6.42 Å². The summed E-state index contributed by atoms with van der Waals surface area (Å²) < 4.78 is 5.30. The first kappa shape index (κ1) is 11.4. The summed E-state index contributed by atoms with van der Waals surface area (Å²) in [4.78, 5) is 3.35. The molecule has 20 heavy (non-hydrogen) atoms. The van der Waals surface area contributed by atoms with Crippen molar-refractivity contribution in [1.82, 2.24) is 4.98 Å². The molecule has 4 rings (SSSR count). The molecule has 0 radical (unpaired) electrons. The quantitative estimate of drug-likeness (QED) is 0.732. The third-order valence-electron chi connectivity index (χ3n) is 4.00. The summed E-state index contributed by atoms with van der Waals surface area (Å²) in [6.45, 7) is 0. The number of nitrogens with one attached hydrogen (secondary N) is 1. The van der Waals surface area contributed by atoms with E-state index in [0.29, 0.717) is 0 Å². The predicted molar refractivity (Wildman–Crippen MR) is 82.9 cm³/mol. The second kappa shape index (κ2) is 4.27. The lowest BCUT2D eigenvalue weighted by Gasteiger charge is -2.02. The minimum atomic E-state index is 0.917. The maximum atomic E-state index is 5.30. The van der Waals surface area contributed by atoms with Crippen molar-refractivity contribution < 1.29 is 4.74 Å². The molecule has 0 saturated heterocycles. The number of hydrogen-bond acceptors (Lipinski definition) is 1. The molecule has 0 unspecified atom stereocenters. The molecule has 0 bridgehead atoms. The van der Waals surface area contributed by atoms with Crippen LogP contribution in [0.15, 0.2) is 48.7 Å². The van der Waals surface area contributed by atoms with Gasteiger partial charge in [-0.25, -0.2) is 0 Å². The second-order valence-corrected chi connectivity index (χ2v) is 5.16. The SMILES string of the molecule is COc1ccc2c(c1)C=C(c1c[nH]c3ccccc13)C2. The summed E-state index contributed by atoms with van der Waals surface area (Å²) in [6, 6.07) is 14.7. The van der Waals surface area contributed by atoms with Gasteiger partial charge in [0.2, 0.25) is 0 Å². The Morgan fingerprint density at radius 2 is 2.00 bits per heavy atom. The minimum Gasteiger partial charge on any atom is -0.497 e. The van der Waals surface area contributed by atoms with Gasteiger partial charge in [-0.3, -0.25) is 0 Å². The fourth-order valence-electron chi connectivity index (χ4n) is 2.95. The molecule has 0 fully saturated rings. The first-order valence-electron chi connectivity index (χ1n) is 6.79. The first-order valence-corrected chi connectivity index (χ1v) is 6.79. The highest BCUT2D eigenvalue weighted by atomic mass is 16.5. The Morgan fingerprint density at radius 1 is 1.10 bits per heavy atom. The van der Waals surface area contributed by atoms with E-state index in [1.807, 2.05) is 6.07 Å². The number of fused-ring (bicyclic) bond motifs is 2. The van der Waals surface area contributed by atoms with Crippen molar-refractivity contribution in [2.75, 3.05) is 7.11 Å². The minimum absolute atomic E-state index is 0.917. The molecule has 3 aromatic rings. The summed E-state index contributed by atoms with van der Waals surface area (Å²) in [7, 11) is 1.71. The van der Waals surface area contributed by atoms with Crippen molar-refractivity contribution in [2.24, 2.45) is 0 Å². The molecule has 0 amide bonds. The van der Waals surface area contributed by atoms with Gasteiger partial charge in [0.25, 0.3) is 0 Å². The summed E-state index contributed by atoms with van der Waals surface area (Å²) in [6.07, 6.45) is 5.37. The molecule has 1 aliphatic carbocycles. The molecule has 0 saturated carbocycles. The summed E-state index contributed by atoms with van der Waals surface area (Å²) in [5.74, 6) is 0.917. The zero-order valence-corrected chi connectivity index (χ0v) is 11.3. The molecule has 98 valence electrons. The molecule has 1 aliphatic rings. The van der Waals surface area contributed by atoms with Crippen molar-refractivity contribution in [3.8, 4) is 5.75 Å². The third kappa shape index (κ3) is 1.65. The summed E-state index contributed by atoms with van der Waals surface area (Å²) in [5.41, 5.74) is 6.49. The monoisotopic (exact) mass is 261 g/mol. The largest absolute Gasteiger partial charge is 0.497 e. The topological polar surface area (TPSA) is 25.0 Å². The summed E-state index contributed by atoms with van der Waals surface area (Å²) in [5, 5.41) is 1.29. The van der Waals surface area contributed by atoms with Gasteiger partial charge in [-0.05, 0) is 41.3 Å². The Balaban J connectivity index is 1.81. The van der Waals surface area contributed by atoms with Gasteiger partial charge >= 0.3 is 0 Å². The average molecular weight is 261 g/mol. The highest BCUT2D eigenvalue weighted by molar-refractivity contribution is 5.99. The van der Waals surface area contributed by atoms with Crippen molar-refractivity contribution >= 4 is 22.6 Å². The lowest BCUT2D eigenvalue weighted by molar-refractivity contribution is 0.414. The van der Waals surface area contributed by atoms with Gasteiger partial charge in [0.05, 0.1) is 7.11 Å². The van der Waals surface area contributed by atoms with Crippen molar-refractivity contribution in [3.05, 3.63) is 65.4 Å². The van der Waals surface area contributed by atoms with Crippen LogP contribution in [-0.4, -0.2) is 12.1 Å². The van der Waals surface area contributed by atoms with Crippen LogP contribution >= 0.6 is 0 Å². The van der Waals surface area contributed by atoms with Crippen LogP contribution in [0.3, 0.4) is 0 Å². The van der Waals surface area contributed by atoms with E-state index in [2.05, 4.69) is 53.7 Å². The Kier molecular flexibility index (Phi) is 2.43. The van der Waals surface area contributed by atoms with E-state index in [0.717, 1.165) is 12.2 Å². The van der Waals surface area contributed by atoms with E-state index in [1.54, 1.807) is 7.11 Å². The van der Waals surface area contributed by atoms with Gasteiger partial charge in [0.1, 0.15) is 5.75 Å². The Bertz CT molecular complexity index is 826. The molecule has 1 N–H and O–H groups in total. The smallest absolute Gasteiger partial charge is 0.119 e. The van der Waals surface area contributed by atoms with Crippen LogP contribution in [0.5, 0.6) is 5.75 Å². The number of benzene rings is 2. The van der Waals surface area contributed by atoms with Crippen LogP contribution in [0.25, 0.3) is 22.6 Å². The van der Waals surface area contributed by atoms with Crippen molar-refractivity contribution in [2.45, 2.75) is 6.42 Å². The Morgan fingerprint density at radius 3 is 2.90 bits per heavy atom. The maximum Gasteiger partial charge on any atom is 0.119 e. The Labute approximate surface area is 117 Å². The van der Waals surface area contributed by atoms with Gasteiger partial charge in [0, 0.05) is 22.7 Å². The van der Waals surface area contributed by atoms with Gasteiger partial charge in [-0.2, -0.15) is 0 Å². The maximum absolute atomic E-state index is 5.30. The molecule has 2 nitrogen and oxygen atoms in total. The zero-order valence-electron chi connectivity index (χ0n) is 11.3. The normalized spacial score (nSPS) is 13.3. The molecule has 2 aromatic carbocycles. The van der Waals surface area contributed by atoms with E-state index in [9.17, 15) is 0 Å². The molecular formula is C18H15NO. The van der Waals surface area contributed by atoms with Crippen LogP contribution in [0.2, 0.25) is 0 Å². The number of aromatic nitrogens is 1. The predicted octanol–water partition coefficient (Wildman–Crippen LogP) is 4.27. The number of aromatic amines is 1. The standard InChI is InChI=1S/C18H15NO/c1-20-15-7-6-12-8-14(9-13(12)10-15)17-11-19-18-5-3-2-4-16(17)18/h2-7,9-11,19H,8H2,1H3. The lowest BCUT2D eigenvalue weighted by Crippen LogP contribution is -1.87. The summed E-state index contributed by atoms with van der Waals surface area (Å²) >= 11 is 0. The fourth-order valence-corrected chi connectivity index (χ4v) is 2.95. The number of allylic oxidation sites excluding steroid dienone is 1. The lowest BCUT2D eigenvalue weighted by atomic mass is 10.0. The van der Waals surface area contributed by atoms with Crippen molar-refractivity contribution in [1.29, 1.82) is 0 Å². The fraction of sp³-hybridized carbons (Fsp3) is 0.111. The van der Waals surface area contributed by atoms with Gasteiger partial charge in [-0.1, -0.05) is 30.3 Å². The van der Waals surface area contributed by atoms with Crippen LogP contribution in [0.1, 0.15) is 16.7 Å². The van der Waals surface area contributed by atoms with E-state index in [-0.39, 0.29) is 0 Å². The highest BCUT2D eigenvalue weighted by Gasteiger charge is 2.17. The van der Waals surface area contributed by atoms with E-state index < -0.39 is 0 Å². The number of methoxy groups -OCH3 is 1. The van der Waals surface area contributed by atoms with Crippen LogP contribution in [0, 0.1) is 0 Å². The van der Waals surface area contributed by atoms with E-state index in [4.69, 9.17) is 4.74 Å². The van der Waals surface area contributed by atoms with Crippen LogP contribution < -0.4 is 4.74 Å². The molecule has 0 atom stereocenters. The molecular weight excluding hydrogens is 246 g/mol. The molecule has 0 spiro atoms. The van der Waals surface area contributed by atoms with Crippen LogP contribution in [0.4, 0.5) is 0 Å². The third-order valence-corrected chi connectivity index (χ3v) is 4.00. The van der Waals surface area contributed by atoms with E-state index >= 15 is 0 Å². The van der Waals surface area contributed by atoms with E-state index in [1.165, 1.54) is 33.2 Å². The zero-order chi connectivity index (χ0) is 13.5. The number of rotatable bonds is 2. The number of para-hydroxylation sites is 1. The number of H-pyrrole nitrogens is 1. The molecule has 0 aliphatic heterocycles. The van der Waals surface area contributed by atoms with Gasteiger partial charge < -0.3 is 9.72 Å². The number of ether oxygens (including phenoxy) is 1. The number of hydrogen-bond donors (Lipinski definition) is 1. The molecule has 1 heterocycles. The van der Waals surface area contributed by atoms with Gasteiger partial charge in [0.15, 0.2) is 0 Å². The molecule has 1 aromatic heterocycles. The second-order valence-electron chi connectivity index (χ2n) is 5.16. The van der Waals surface area contributed by atoms with Crippen molar-refractivity contribution in [3.63, 3.8) is 0 Å². The first-order chi connectivity index (χ1) is 9.85. The Hall–Kier alpha value is -2.48. The van der Waals surface area contributed by atoms with Gasteiger partial charge in [-0.15, -0.1) is 0 Å².